The zero-order chi connectivity index (χ0) is 11.5. The molecule has 0 radical (unpaired) electrons. The number of ether oxygens (including phenoxy) is 1. The molecule has 0 aromatic heterocycles. The Labute approximate surface area is 90.0 Å². The van der Waals surface area contributed by atoms with Crippen LogP contribution >= 0.6 is 0 Å². The predicted molar refractivity (Wildman–Crippen MR) is 58.7 cm³/mol. The number of rotatable bonds is 4. The highest BCUT2D eigenvalue weighted by atomic mass is 32.2. The molecule has 0 heterocycles. The lowest BCUT2D eigenvalue weighted by molar-refractivity contribution is 0.229. The molecule has 2 N–H and O–H groups in total. The van der Waals surface area contributed by atoms with Gasteiger partial charge in [0.1, 0.15) is 11.9 Å². The van der Waals surface area contributed by atoms with Crippen molar-refractivity contribution >= 4 is 9.84 Å². The van der Waals surface area contributed by atoms with E-state index in [4.69, 9.17) is 10.5 Å². The van der Waals surface area contributed by atoms with Crippen LogP contribution in [-0.2, 0) is 9.84 Å². The van der Waals surface area contributed by atoms with E-state index in [0.717, 1.165) is 0 Å². The smallest absolute Gasteiger partial charge is 0.175 e. The van der Waals surface area contributed by atoms with Crippen molar-refractivity contribution in [1.29, 1.82) is 0 Å². The number of benzene rings is 1. The second kappa shape index (κ2) is 4.63. The third kappa shape index (κ3) is 3.53. The van der Waals surface area contributed by atoms with Crippen LogP contribution in [0.1, 0.15) is 6.92 Å². The minimum Gasteiger partial charge on any atom is -0.489 e. The second-order valence-corrected chi connectivity index (χ2v) is 5.43. The second-order valence-electron chi connectivity index (χ2n) is 3.41. The Bertz CT molecular complexity index is 428. The maximum atomic E-state index is 11.3. The van der Waals surface area contributed by atoms with Crippen LogP contribution in [0.3, 0.4) is 0 Å². The van der Waals surface area contributed by atoms with Gasteiger partial charge in [0.15, 0.2) is 9.84 Å². The number of hydrogen-bond donors (Lipinski definition) is 1. The summed E-state index contributed by atoms with van der Waals surface area (Å²) in [5.41, 5.74) is 5.40. The van der Waals surface area contributed by atoms with E-state index in [2.05, 4.69) is 0 Å². The fourth-order valence-electron chi connectivity index (χ4n) is 1.06. The maximum Gasteiger partial charge on any atom is 0.175 e. The predicted octanol–water partition coefficient (Wildman–Crippen LogP) is 0.816. The Morgan fingerprint density at radius 3 is 2.67 bits per heavy atom. The van der Waals surface area contributed by atoms with Crippen LogP contribution in [0.2, 0.25) is 0 Å². The Hall–Kier alpha value is -1.07. The normalized spacial score (nSPS) is 13.5. The van der Waals surface area contributed by atoms with Gasteiger partial charge in [-0.1, -0.05) is 6.07 Å². The fraction of sp³-hybridized carbons (Fsp3) is 0.400. The number of nitrogens with two attached hydrogens (primary N) is 1. The summed E-state index contributed by atoms with van der Waals surface area (Å²) in [5.74, 6) is 0.524. The van der Waals surface area contributed by atoms with E-state index >= 15 is 0 Å². The maximum absolute atomic E-state index is 11.3. The van der Waals surface area contributed by atoms with Gasteiger partial charge in [-0.05, 0) is 25.1 Å². The van der Waals surface area contributed by atoms with Crippen molar-refractivity contribution in [1.82, 2.24) is 0 Å². The molecule has 0 saturated heterocycles. The van der Waals surface area contributed by atoms with E-state index < -0.39 is 9.84 Å². The van der Waals surface area contributed by atoms with E-state index in [9.17, 15) is 8.42 Å². The van der Waals surface area contributed by atoms with Gasteiger partial charge in [-0.25, -0.2) is 8.42 Å². The molecular formula is C10H15NO3S. The lowest BCUT2D eigenvalue weighted by atomic mass is 10.3. The molecule has 15 heavy (non-hydrogen) atoms. The molecule has 1 unspecified atom stereocenters. The van der Waals surface area contributed by atoms with Crippen LogP contribution in [0.25, 0.3) is 0 Å². The molecule has 0 fully saturated rings. The van der Waals surface area contributed by atoms with Crippen LogP contribution in [0, 0.1) is 0 Å². The third-order valence-electron chi connectivity index (χ3n) is 1.90. The zero-order valence-corrected chi connectivity index (χ0v) is 9.62. The third-order valence-corrected chi connectivity index (χ3v) is 3.01. The largest absolute Gasteiger partial charge is 0.489 e. The Balaban J connectivity index is 2.94. The lowest BCUT2D eigenvalue weighted by Crippen LogP contribution is -2.22. The molecule has 5 heteroatoms. The summed E-state index contributed by atoms with van der Waals surface area (Å²) >= 11 is 0. The highest BCUT2D eigenvalue weighted by molar-refractivity contribution is 7.90. The molecule has 0 aliphatic heterocycles. The van der Waals surface area contributed by atoms with Crippen molar-refractivity contribution in [3.05, 3.63) is 24.3 Å². The van der Waals surface area contributed by atoms with E-state index in [1.165, 1.54) is 18.4 Å². The summed E-state index contributed by atoms with van der Waals surface area (Å²) in [6.45, 7) is 2.22. The topological polar surface area (TPSA) is 69.4 Å². The van der Waals surface area contributed by atoms with Gasteiger partial charge in [0.05, 0.1) is 4.90 Å². The Kier molecular flexibility index (Phi) is 3.71. The molecular weight excluding hydrogens is 214 g/mol. The van der Waals surface area contributed by atoms with Crippen LogP contribution in [0.15, 0.2) is 29.2 Å². The molecule has 1 aromatic carbocycles. The van der Waals surface area contributed by atoms with E-state index in [-0.39, 0.29) is 11.0 Å². The first kappa shape index (κ1) is 12.0. The minimum absolute atomic E-state index is 0.125. The average molecular weight is 229 g/mol. The number of sulfone groups is 1. The summed E-state index contributed by atoms with van der Waals surface area (Å²) in [6, 6.07) is 6.40. The van der Waals surface area contributed by atoms with Crippen molar-refractivity contribution < 1.29 is 13.2 Å². The molecule has 0 amide bonds. The van der Waals surface area contributed by atoms with Crippen LogP contribution in [0.5, 0.6) is 5.75 Å². The molecule has 84 valence electrons. The molecule has 0 saturated carbocycles. The monoisotopic (exact) mass is 229 g/mol. The highest BCUT2D eigenvalue weighted by Crippen LogP contribution is 2.18. The van der Waals surface area contributed by atoms with Crippen LogP contribution in [-0.4, -0.2) is 27.3 Å². The van der Waals surface area contributed by atoms with E-state index in [1.54, 1.807) is 12.1 Å². The molecule has 0 aliphatic carbocycles. The van der Waals surface area contributed by atoms with E-state index in [1.807, 2.05) is 6.92 Å². The number of hydrogen-bond acceptors (Lipinski definition) is 4. The van der Waals surface area contributed by atoms with Gasteiger partial charge >= 0.3 is 0 Å². The standard InChI is InChI=1S/C10H15NO3S/c1-8(7-11)14-9-4-3-5-10(6-9)15(2,12)13/h3-6,8H,7,11H2,1-2H3. The molecule has 1 atom stereocenters. The van der Waals surface area contributed by atoms with Crippen LogP contribution in [0.4, 0.5) is 0 Å². The molecule has 1 rings (SSSR count). The van der Waals surface area contributed by atoms with Gasteiger partial charge in [-0.15, -0.1) is 0 Å². The first-order valence-electron chi connectivity index (χ1n) is 4.60. The molecule has 1 aromatic rings. The van der Waals surface area contributed by atoms with Gasteiger partial charge in [0, 0.05) is 12.8 Å². The quantitative estimate of drug-likeness (QED) is 0.829. The first-order chi connectivity index (χ1) is 6.93. The van der Waals surface area contributed by atoms with Crippen molar-refractivity contribution in [2.24, 2.45) is 5.73 Å². The summed E-state index contributed by atoms with van der Waals surface area (Å²) in [5, 5.41) is 0. The zero-order valence-electron chi connectivity index (χ0n) is 8.80. The highest BCUT2D eigenvalue weighted by Gasteiger charge is 2.08. The van der Waals surface area contributed by atoms with Gasteiger partial charge in [-0.2, -0.15) is 0 Å². The SMILES string of the molecule is CC(CN)Oc1cccc(S(C)(=O)=O)c1. The lowest BCUT2D eigenvalue weighted by Gasteiger charge is -2.12. The molecule has 0 aliphatic rings. The van der Waals surface area contributed by atoms with Crippen molar-refractivity contribution in [2.75, 3.05) is 12.8 Å². The van der Waals surface area contributed by atoms with Crippen molar-refractivity contribution in [3.8, 4) is 5.75 Å². The average Bonchev–Trinajstić information content (AvgIpc) is 2.17. The Morgan fingerprint density at radius 1 is 1.47 bits per heavy atom. The fourth-order valence-corrected chi connectivity index (χ4v) is 1.71. The molecule has 0 bridgehead atoms. The van der Waals surface area contributed by atoms with E-state index in [0.29, 0.717) is 12.3 Å². The molecule has 0 spiro atoms. The summed E-state index contributed by atoms with van der Waals surface area (Å²) < 4.78 is 27.9. The summed E-state index contributed by atoms with van der Waals surface area (Å²) in [4.78, 5) is 0.254. The first-order valence-corrected chi connectivity index (χ1v) is 6.49. The van der Waals surface area contributed by atoms with Gasteiger partial charge in [0.25, 0.3) is 0 Å². The van der Waals surface area contributed by atoms with Gasteiger partial charge in [0.2, 0.25) is 0 Å². The Morgan fingerprint density at radius 2 is 2.13 bits per heavy atom. The van der Waals surface area contributed by atoms with Gasteiger partial charge in [-0.3, -0.25) is 0 Å². The molecule has 4 nitrogen and oxygen atoms in total. The van der Waals surface area contributed by atoms with Crippen molar-refractivity contribution in [3.63, 3.8) is 0 Å². The van der Waals surface area contributed by atoms with Gasteiger partial charge < -0.3 is 10.5 Å². The van der Waals surface area contributed by atoms with Crippen molar-refractivity contribution in [2.45, 2.75) is 17.9 Å². The summed E-state index contributed by atoms with van der Waals surface area (Å²) in [6.07, 6.45) is 1.04. The minimum atomic E-state index is -3.18. The summed E-state index contributed by atoms with van der Waals surface area (Å²) in [7, 11) is -3.18. The van der Waals surface area contributed by atoms with Crippen LogP contribution < -0.4 is 10.5 Å².